The van der Waals surface area contributed by atoms with E-state index in [-0.39, 0.29) is 11.9 Å². The van der Waals surface area contributed by atoms with E-state index in [4.69, 9.17) is 11.6 Å². The summed E-state index contributed by atoms with van der Waals surface area (Å²) in [6, 6.07) is 17.7. The molecule has 3 aromatic rings. The Morgan fingerprint density at radius 3 is 2.56 bits per heavy atom. The van der Waals surface area contributed by atoms with Crippen LogP contribution < -0.4 is 5.32 Å². The molecule has 3 rings (SSSR count). The Morgan fingerprint density at radius 1 is 1.08 bits per heavy atom. The number of rotatable bonds is 5. The Balaban J connectivity index is 1.83. The summed E-state index contributed by atoms with van der Waals surface area (Å²) in [6.07, 6.45) is 4.33. The van der Waals surface area contributed by atoms with Gasteiger partial charge in [0.15, 0.2) is 0 Å². The molecule has 1 N–H and O–H groups in total. The minimum atomic E-state index is -0.0469. The Labute approximate surface area is 153 Å². The Bertz CT molecular complexity index is 871. The van der Waals surface area contributed by atoms with Crippen LogP contribution >= 0.6 is 11.6 Å². The normalized spacial score (nSPS) is 12.0. The molecule has 4 heteroatoms. The molecule has 25 heavy (non-hydrogen) atoms. The van der Waals surface area contributed by atoms with E-state index >= 15 is 0 Å². The van der Waals surface area contributed by atoms with Gasteiger partial charge in [-0.1, -0.05) is 47.5 Å². The number of anilines is 1. The van der Waals surface area contributed by atoms with E-state index in [1.165, 1.54) is 5.56 Å². The number of carbonyl (C=O) groups is 1. The van der Waals surface area contributed by atoms with Crippen LogP contribution in [0.25, 0.3) is 0 Å². The van der Waals surface area contributed by atoms with Crippen molar-refractivity contribution in [1.82, 2.24) is 4.57 Å². The van der Waals surface area contributed by atoms with E-state index in [2.05, 4.69) is 35.0 Å². The monoisotopic (exact) mass is 352 g/mol. The summed E-state index contributed by atoms with van der Waals surface area (Å²) in [6.45, 7) is 4.02. The highest BCUT2D eigenvalue weighted by Gasteiger charge is 2.18. The number of aromatic nitrogens is 1. The maximum absolute atomic E-state index is 12.7. The number of aryl methyl sites for hydroxylation is 2. The zero-order valence-electron chi connectivity index (χ0n) is 14.4. The van der Waals surface area contributed by atoms with Crippen molar-refractivity contribution in [1.29, 1.82) is 0 Å². The van der Waals surface area contributed by atoms with Crippen LogP contribution in [-0.2, 0) is 4.79 Å². The van der Waals surface area contributed by atoms with E-state index in [9.17, 15) is 4.79 Å². The molecule has 0 aliphatic carbocycles. The number of hydrogen-bond acceptors (Lipinski definition) is 1. The first-order valence-corrected chi connectivity index (χ1v) is 8.66. The average molecular weight is 353 g/mol. The molecule has 1 atom stereocenters. The fraction of sp³-hybridized carbons (Fsp3) is 0.190. The lowest BCUT2D eigenvalue weighted by Gasteiger charge is -2.20. The number of nitrogens with one attached hydrogen (secondary N) is 1. The summed E-state index contributed by atoms with van der Waals surface area (Å²) in [7, 11) is 0. The first-order valence-electron chi connectivity index (χ1n) is 8.28. The molecule has 1 heterocycles. The van der Waals surface area contributed by atoms with Crippen LogP contribution in [0.5, 0.6) is 0 Å². The summed E-state index contributed by atoms with van der Waals surface area (Å²) in [5.41, 5.74) is 4.05. The molecule has 0 aliphatic rings. The highest BCUT2D eigenvalue weighted by molar-refractivity contribution is 6.31. The predicted octanol–water partition coefficient (Wildman–Crippen LogP) is 5.38. The van der Waals surface area contributed by atoms with Gasteiger partial charge >= 0.3 is 0 Å². The fourth-order valence-electron chi connectivity index (χ4n) is 2.93. The number of carbonyl (C=O) groups excluding carboxylic acids is 1. The second-order valence-corrected chi connectivity index (χ2v) is 6.71. The van der Waals surface area contributed by atoms with Gasteiger partial charge in [-0.15, -0.1) is 0 Å². The van der Waals surface area contributed by atoms with Crippen molar-refractivity contribution in [3.05, 3.63) is 88.7 Å². The number of nitrogens with zero attached hydrogens (tertiary/aromatic N) is 1. The lowest BCUT2D eigenvalue weighted by Crippen LogP contribution is -2.20. The molecule has 0 radical (unpaired) electrons. The van der Waals surface area contributed by atoms with Crippen LogP contribution in [0.15, 0.2) is 67.0 Å². The molecule has 1 amide bonds. The summed E-state index contributed by atoms with van der Waals surface area (Å²) in [5, 5.41) is 3.60. The van der Waals surface area contributed by atoms with Gasteiger partial charge in [-0.2, -0.15) is 0 Å². The molecule has 1 unspecified atom stereocenters. The molecule has 0 saturated carbocycles. The standard InChI is InChI=1S/C21H21ClN2O/c1-15-6-5-7-17(12-15)20(24-10-3-4-11-24)14-21(25)23-19-13-18(22)9-8-16(19)2/h3-13,20H,14H2,1-2H3,(H,23,25). The fourth-order valence-corrected chi connectivity index (χ4v) is 3.11. The van der Waals surface area contributed by atoms with Crippen molar-refractivity contribution >= 4 is 23.2 Å². The zero-order chi connectivity index (χ0) is 17.8. The van der Waals surface area contributed by atoms with Gasteiger partial charge in [0.2, 0.25) is 5.91 Å². The first-order chi connectivity index (χ1) is 12.0. The summed E-state index contributed by atoms with van der Waals surface area (Å²) in [5.74, 6) is -0.0365. The SMILES string of the molecule is Cc1cccc(C(CC(=O)Nc2cc(Cl)ccc2C)n2cccc2)c1. The van der Waals surface area contributed by atoms with Gasteiger partial charge in [-0.3, -0.25) is 4.79 Å². The third kappa shape index (κ3) is 4.31. The molecule has 1 aromatic heterocycles. The zero-order valence-corrected chi connectivity index (χ0v) is 15.1. The van der Waals surface area contributed by atoms with Crippen molar-refractivity contribution in [2.24, 2.45) is 0 Å². The molecule has 0 spiro atoms. The average Bonchev–Trinajstić information content (AvgIpc) is 3.10. The predicted molar refractivity (Wildman–Crippen MR) is 103 cm³/mol. The second-order valence-electron chi connectivity index (χ2n) is 6.27. The van der Waals surface area contributed by atoms with Crippen molar-refractivity contribution in [3.8, 4) is 0 Å². The largest absolute Gasteiger partial charge is 0.346 e. The highest BCUT2D eigenvalue weighted by atomic mass is 35.5. The summed E-state index contributed by atoms with van der Waals surface area (Å²) >= 11 is 6.05. The Kier molecular flexibility index (Phi) is 5.25. The molecule has 128 valence electrons. The maximum Gasteiger partial charge on any atom is 0.226 e. The molecule has 2 aromatic carbocycles. The van der Waals surface area contributed by atoms with E-state index < -0.39 is 0 Å². The van der Waals surface area contributed by atoms with Crippen molar-refractivity contribution in [2.75, 3.05) is 5.32 Å². The van der Waals surface area contributed by atoms with Gasteiger partial charge in [-0.05, 0) is 49.2 Å². The molecule has 0 fully saturated rings. The molecule has 3 nitrogen and oxygen atoms in total. The third-order valence-electron chi connectivity index (χ3n) is 4.27. The third-order valence-corrected chi connectivity index (χ3v) is 4.50. The molecule has 0 saturated heterocycles. The lowest BCUT2D eigenvalue weighted by molar-refractivity contribution is -0.116. The molecule has 0 bridgehead atoms. The van der Waals surface area contributed by atoms with Gasteiger partial charge in [0.1, 0.15) is 0 Å². The number of halogens is 1. The van der Waals surface area contributed by atoms with Crippen molar-refractivity contribution in [2.45, 2.75) is 26.3 Å². The molecule has 0 aliphatic heterocycles. The van der Waals surface area contributed by atoms with Gasteiger partial charge in [0.05, 0.1) is 12.5 Å². The van der Waals surface area contributed by atoms with Crippen molar-refractivity contribution in [3.63, 3.8) is 0 Å². The van der Waals surface area contributed by atoms with Gasteiger partial charge in [0.25, 0.3) is 0 Å². The molecular formula is C21H21ClN2O. The maximum atomic E-state index is 12.7. The van der Waals surface area contributed by atoms with E-state index in [1.807, 2.05) is 49.6 Å². The quantitative estimate of drug-likeness (QED) is 0.657. The number of hydrogen-bond donors (Lipinski definition) is 1. The first kappa shape index (κ1) is 17.3. The highest BCUT2D eigenvalue weighted by Crippen LogP contribution is 2.25. The van der Waals surface area contributed by atoms with Gasteiger partial charge in [0, 0.05) is 23.1 Å². The minimum absolute atomic E-state index is 0.0365. The molecular weight excluding hydrogens is 332 g/mol. The summed E-state index contributed by atoms with van der Waals surface area (Å²) < 4.78 is 2.07. The van der Waals surface area contributed by atoms with Crippen LogP contribution in [0.1, 0.15) is 29.2 Å². The lowest BCUT2D eigenvalue weighted by atomic mass is 10.0. The topological polar surface area (TPSA) is 34.0 Å². The Hall–Kier alpha value is -2.52. The number of benzene rings is 2. The van der Waals surface area contributed by atoms with Gasteiger partial charge < -0.3 is 9.88 Å². The van der Waals surface area contributed by atoms with Crippen LogP contribution in [-0.4, -0.2) is 10.5 Å². The van der Waals surface area contributed by atoms with Crippen molar-refractivity contribution < 1.29 is 4.79 Å². The van der Waals surface area contributed by atoms with E-state index in [0.29, 0.717) is 11.4 Å². The second kappa shape index (κ2) is 7.58. The van der Waals surface area contributed by atoms with Gasteiger partial charge in [-0.25, -0.2) is 0 Å². The minimum Gasteiger partial charge on any atom is -0.346 e. The smallest absolute Gasteiger partial charge is 0.226 e. The van der Waals surface area contributed by atoms with Crippen LogP contribution in [0.4, 0.5) is 5.69 Å². The van der Waals surface area contributed by atoms with E-state index in [0.717, 1.165) is 16.8 Å². The number of amides is 1. The Morgan fingerprint density at radius 2 is 1.84 bits per heavy atom. The van der Waals surface area contributed by atoms with Crippen LogP contribution in [0.2, 0.25) is 5.02 Å². The van der Waals surface area contributed by atoms with Crippen LogP contribution in [0.3, 0.4) is 0 Å². The summed E-state index contributed by atoms with van der Waals surface area (Å²) in [4.78, 5) is 12.7. The van der Waals surface area contributed by atoms with E-state index in [1.54, 1.807) is 6.07 Å². The van der Waals surface area contributed by atoms with Crippen LogP contribution in [0, 0.1) is 13.8 Å².